The van der Waals surface area contributed by atoms with Crippen LogP contribution in [-0.4, -0.2) is 16.1 Å². The number of aromatic nitrogens is 1. The van der Waals surface area contributed by atoms with Gasteiger partial charge in [-0.3, -0.25) is 0 Å². The molecule has 4 nitrogen and oxygen atoms in total. The van der Waals surface area contributed by atoms with Gasteiger partial charge in [0.1, 0.15) is 11.3 Å². The first-order valence-electron chi connectivity index (χ1n) is 5.52. The number of hydrogen-bond acceptors (Lipinski definition) is 3. The lowest BCUT2D eigenvalue weighted by atomic mass is 10.2. The van der Waals surface area contributed by atoms with Gasteiger partial charge in [0, 0.05) is 6.20 Å². The normalized spacial score (nSPS) is 11.2. The van der Waals surface area contributed by atoms with Gasteiger partial charge >= 0.3 is 12.1 Å². The predicted molar refractivity (Wildman–Crippen MR) is 70.4 cm³/mol. The summed E-state index contributed by atoms with van der Waals surface area (Å²) in [5, 5.41) is 8.98. The topological polar surface area (TPSA) is 59.4 Å². The average molecular weight is 362 g/mol. The van der Waals surface area contributed by atoms with E-state index < -0.39 is 17.7 Å². The molecule has 8 heteroatoms. The van der Waals surface area contributed by atoms with E-state index in [2.05, 4.69) is 20.9 Å². The van der Waals surface area contributed by atoms with Crippen molar-refractivity contribution in [1.82, 2.24) is 4.98 Å². The van der Waals surface area contributed by atoms with E-state index in [1.807, 2.05) is 0 Å². The van der Waals surface area contributed by atoms with Crippen LogP contribution in [0.4, 0.5) is 13.2 Å². The lowest BCUT2D eigenvalue weighted by Gasteiger charge is -2.11. The highest BCUT2D eigenvalue weighted by molar-refractivity contribution is 9.10. The second-order valence-corrected chi connectivity index (χ2v) is 4.76. The van der Waals surface area contributed by atoms with E-state index in [9.17, 15) is 18.0 Å². The molecular weight excluding hydrogens is 355 g/mol. The van der Waals surface area contributed by atoms with Crippen LogP contribution in [0.5, 0.6) is 11.6 Å². The predicted octanol–water partition coefficient (Wildman–Crippen LogP) is 4.35. The van der Waals surface area contributed by atoms with E-state index >= 15 is 0 Å². The number of carboxylic acids is 1. The summed E-state index contributed by atoms with van der Waals surface area (Å²) < 4.78 is 42.9. The van der Waals surface area contributed by atoms with Crippen molar-refractivity contribution in [3.05, 3.63) is 52.1 Å². The van der Waals surface area contributed by atoms with Gasteiger partial charge in [0.2, 0.25) is 5.88 Å². The molecule has 0 amide bonds. The van der Waals surface area contributed by atoms with Crippen LogP contribution in [0.25, 0.3) is 0 Å². The number of pyridine rings is 1. The summed E-state index contributed by atoms with van der Waals surface area (Å²) in [7, 11) is 0. The van der Waals surface area contributed by atoms with Crippen LogP contribution in [0.2, 0.25) is 0 Å². The molecule has 1 heterocycles. The number of rotatable bonds is 3. The zero-order valence-electron chi connectivity index (χ0n) is 10.2. The SMILES string of the molecule is O=C(O)c1cccnc1Oc1ccc(C(F)(F)F)cc1Br. The lowest BCUT2D eigenvalue weighted by molar-refractivity contribution is -0.137. The van der Waals surface area contributed by atoms with Gasteiger partial charge in [0.25, 0.3) is 0 Å². The molecule has 0 saturated heterocycles. The first-order valence-corrected chi connectivity index (χ1v) is 6.31. The molecule has 0 bridgehead atoms. The van der Waals surface area contributed by atoms with Gasteiger partial charge < -0.3 is 9.84 Å². The van der Waals surface area contributed by atoms with Crippen molar-refractivity contribution < 1.29 is 27.8 Å². The number of carboxylic acid groups (broad SMARTS) is 1. The fraction of sp³-hybridized carbons (Fsp3) is 0.0769. The summed E-state index contributed by atoms with van der Waals surface area (Å²) in [5.41, 5.74) is -1.04. The Bertz CT molecular complexity index is 689. The van der Waals surface area contributed by atoms with Crippen molar-refractivity contribution in [2.24, 2.45) is 0 Å². The Morgan fingerprint density at radius 2 is 2.00 bits per heavy atom. The molecule has 0 unspecified atom stereocenters. The molecule has 0 aliphatic heterocycles. The molecule has 0 fully saturated rings. The highest BCUT2D eigenvalue weighted by Gasteiger charge is 2.31. The summed E-state index contributed by atoms with van der Waals surface area (Å²) in [5.74, 6) is -1.42. The molecule has 1 aromatic heterocycles. The Morgan fingerprint density at radius 3 is 2.57 bits per heavy atom. The van der Waals surface area contributed by atoms with Crippen molar-refractivity contribution >= 4 is 21.9 Å². The first kappa shape index (κ1) is 15.3. The highest BCUT2D eigenvalue weighted by Crippen LogP contribution is 2.36. The zero-order valence-corrected chi connectivity index (χ0v) is 11.8. The monoisotopic (exact) mass is 361 g/mol. The van der Waals surface area contributed by atoms with Crippen molar-refractivity contribution in [2.75, 3.05) is 0 Å². The minimum Gasteiger partial charge on any atom is -0.477 e. The Hall–Kier alpha value is -2.09. The molecule has 1 N–H and O–H groups in total. The summed E-state index contributed by atoms with van der Waals surface area (Å²) in [6.45, 7) is 0. The molecule has 2 aromatic rings. The zero-order chi connectivity index (χ0) is 15.6. The molecular formula is C13H7BrF3NO3. The Morgan fingerprint density at radius 1 is 1.29 bits per heavy atom. The maximum Gasteiger partial charge on any atom is 0.416 e. The molecule has 21 heavy (non-hydrogen) atoms. The van der Waals surface area contributed by atoms with E-state index in [1.54, 1.807) is 0 Å². The number of nitrogens with zero attached hydrogens (tertiary/aromatic N) is 1. The minimum atomic E-state index is -4.47. The second-order valence-electron chi connectivity index (χ2n) is 3.91. The third-order valence-corrected chi connectivity index (χ3v) is 3.09. The fourth-order valence-corrected chi connectivity index (χ4v) is 1.96. The molecule has 1 aromatic carbocycles. The van der Waals surface area contributed by atoms with Crippen LogP contribution in [0.3, 0.4) is 0 Å². The van der Waals surface area contributed by atoms with Crippen molar-refractivity contribution in [1.29, 1.82) is 0 Å². The highest BCUT2D eigenvalue weighted by atomic mass is 79.9. The maximum atomic E-state index is 12.5. The molecule has 0 aliphatic rings. The smallest absolute Gasteiger partial charge is 0.416 e. The quantitative estimate of drug-likeness (QED) is 0.882. The molecule has 0 atom stereocenters. The van der Waals surface area contributed by atoms with Crippen LogP contribution in [-0.2, 0) is 6.18 Å². The van der Waals surface area contributed by atoms with Crippen molar-refractivity contribution in [3.63, 3.8) is 0 Å². The van der Waals surface area contributed by atoms with Gasteiger partial charge in [0.15, 0.2) is 0 Å². The van der Waals surface area contributed by atoms with E-state index in [-0.39, 0.29) is 21.7 Å². The summed E-state index contributed by atoms with van der Waals surface area (Å²) in [6, 6.07) is 5.47. The number of benzene rings is 1. The summed E-state index contributed by atoms with van der Waals surface area (Å²) in [4.78, 5) is 14.8. The van der Waals surface area contributed by atoms with Crippen LogP contribution in [0, 0.1) is 0 Å². The van der Waals surface area contributed by atoms with Crippen LogP contribution in [0.15, 0.2) is 41.0 Å². The fourth-order valence-electron chi connectivity index (χ4n) is 1.50. The van der Waals surface area contributed by atoms with Crippen molar-refractivity contribution in [3.8, 4) is 11.6 Å². The van der Waals surface area contributed by atoms with Gasteiger partial charge in [-0.1, -0.05) is 0 Å². The van der Waals surface area contributed by atoms with Gasteiger partial charge in [0.05, 0.1) is 10.0 Å². The molecule has 110 valence electrons. The van der Waals surface area contributed by atoms with E-state index in [1.165, 1.54) is 18.3 Å². The number of halogens is 4. The summed E-state index contributed by atoms with van der Waals surface area (Å²) in [6.07, 6.45) is -3.15. The Kier molecular flexibility index (Phi) is 4.17. The number of hydrogen-bond donors (Lipinski definition) is 1. The number of alkyl halides is 3. The van der Waals surface area contributed by atoms with Crippen LogP contribution >= 0.6 is 15.9 Å². The first-order chi connectivity index (χ1) is 9.79. The second kappa shape index (κ2) is 5.72. The molecule has 2 rings (SSSR count). The third kappa shape index (κ3) is 3.52. The van der Waals surface area contributed by atoms with E-state index in [0.29, 0.717) is 0 Å². The van der Waals surface area contributed by atoms with Crippen LogP contribution in [0.1, 0.15) is 15.9 Å². The summed E-state index contributed by atoms with van der Waals surface area (Å²) >= 11 is 2.96. The van der Waals surface area contributed by atoms with E-state index in [4.69, 9.17) is 9.84 Å². The van der Waals surface area contributed by atoms with E-state index in [0.717, 1.165) is 18.2 Å². The molecule has 0 radical (unpaired) electrons. The minimum absolute atomic E-state index is 0.0317. The Labute approximate surface area is 125 Å². The average Bonchev–Trinajstić information content (AvgIpc) is 2.40. The molecule has 0 saturated carbocycles. The third-order valence-electron chi connectivity index (χ3n) is 2.47. The number of carbonyl (C=O) groups is 1. The van der Waals surface area contributed by atoms with Crippen molar-refractivity contribution in [2.45, 2.75) is 6.18 Å². The molecule has 0 aliphatic carbocycles. The van der Waals surface area contributed by atoms with Gasteiger partial charge in [-0.25, -0.2) is 9.78 Å². The van der Waals surface area contributed by atoms with Gasteiger partial charge in [-0.2, -0.15) is 13.2 Å². The number of ether oxygens (including phenoxy) is 1. The maximum absolute atomic E-state index is 12.5. The molecule has 0 spiro atoms. The standard InChI is InChI=1S/C13H7BrF3NO3/c14-9-6-7(13(15,16)17)3-4-10(9)21-11-8(12(19)20)2-1-5-18-11/h1-6H,(H,19,20). The number of aromatic carboxylic acids is 1. The lowest BCUT2D eigenvalue weighted by Crippen LogP contribution is -2.05. The largest absolute Gasteiger partial charge is 0.477 e. The van der Waals surface area contributed by atoms with Crippen LogP contribution < -0.4 is 4.74 Å². The van der Waals surface area contributed by atoms with Gasteiger partial charge in [-0.05, 0) is 46.3 Å². The van der Waals surface area contributed by atoms with Gasteiger partial charge in [-0.15, -0.1) is 0 Å². The Balaban J connectivity index is 2.35.